The minimum atomic E-state index is -0.336. The van der Waals surface area contributed by atoms with Gasteiger partial charge in [-0.1, -0.05) is 0 Å². The number of nitrogens with zero attached hydrogens (tertiary/aromatic N) is 7. The molecule has 12 heteroatoms. The SMILES string of the molecule is CCOc1ccc(Sc2nc(Oc3ccc(=O)[nH]n3)nc(N(C)C)n2)nn1. The van der Waals surface area contributed by atoms with Crippen LogP contribution in [0.2, 0.25) is 0 Å². The minimum absolute atomic E-state index is 0.0367. The van der Waals surface area contributed by atoms with E-state index in [1.807, 2.05) is 6.92 Å². The molecule has 0 fully saturated rings. The Kier molecular flexibility index (Phi) is 5.76. The Hall–Kier alpha value is -3.28. The van der Waals surface area contributed by atoms with E-state index in [0.717, 1.165) is 0 Å². The summed E-state index contributed by atoms with van der Waals surface area (Å²) in [5.41, 5.74) is -0.336. The van der Waals surface area contributed by atoms with Crippen LogP contribution in [0.3, 0.4) is 0 Å². The number of aromatic nitrogens is 7. The molecule has 0 spiro atoms. The zero-order chi connectivity index (χ0) is 19.2. The Labute approximate surface area is 158 Å². The molecule has 0 atom stereocenters. The molecule has 140 valence electrons. The van der Waals surface area contributed by atoms with Crippen molar-refractivity contribution in [1.82, 2.24) is 35.3 Å². The monoisotopic (exact) mass is 388 g/mol. The van der Waals surface area contributed by atoms with Crippen LogP contribution in [-0.2, 0) is 0 Å². The van der Waals surface area contributed by atoms with Crippen LogP contribution in [0.1, 0.15) is 6.92 Å². The number of hydrogen-bond acceptors (Lipinski definition) is 11. The first-order valence-corrected chi connectivity index (χ1v) is 8.66. The van der Waals surface area contributed by atoms with Crippen molar-refractivity contribution >= 4 is 17.7 Å². The van der Waals surface area contributed by atoms with Gasteiger partial charge in [0, 0.05) is 32.3 Å². The summed E-state index contributed by atoms with van der Waals surface area (Å²) in [6.07, 6.45) is 0. The van der Waals surface area contributed by atoms with Crippen molar-refractivity contribution in [3.63, 3.8) is 0 Å². The summed E-state index contributed by atoms with van der Waals surface area (Å²) in [6, 6.07) is 6.22. The highest BCUT2D eigenvalue weighted by Crippen LogP contribution is 2.26. The van der Waals surface area contributed by atoms with Gasteiger partial charge >= 0.3 is 6.01 Å². The van der Waals surface area contributed by atoms with Crippen LogP contribution in [-0.4, -0.2) is 56.0 Å². The fourth-order valence-corrected chi connectivity index (χ4v) is 2.44. The molecule has 3 aromatic rings. The van der Waals surface area contributed by atoms with Gasteiger partial charge in [-0.05, 0) is 24.8 Å². The molecule has 0 aliphatic rings. The first-order chi connectivity index (χ1) is 13.0. The number of H-pyrrole nitrogens is 1. The maximum atomic E-state index is 11.1. The third-order valence-electron chi connectivity index (χ3n) is 2.94. The predicted octanol–water partition coefficient (Wildman–Crippen LogP) is 1.15. The molecule has 27 heavy (non-hydrogen) atoms. The average Bonchev–Trinajstić information content (AvgIpc) is 2.65. The second kappa shape index (κ2) is 8.40. The Morgan fingerprint density at radius 3 is 2.52 bits per heavy atom. The predicted molar refractivity (Wildman–Crippen MR) is 96.4 cm³/mol. The first-order valence-electron chi connectivity index (χ1n) is 7.85. The van der Waals surface area contributed by atoms with Gasteiger partial charge in [0.1, 0.15) is 5.03 Å². The highest BCUT2D eigenvalue weighted by Gasteiger charge is 2.13. The molecule has 0 radical (unpaired) electrons. The molecule has 0 aromatic carbocycles. The zero-order valence-electron chi connectivity index (χ0n) is 14.8. The molecule has 0 saturated heterocycles. The van der Waals surface area contributed by atoms with E-state index in [2.05, 4.69) is 35.3 Å². The van der Waals surface area contributed by atoms with E-state index in [1.165, 1.54) is 23.9 Å². The third kappa shape index (κ3) is 5.10. The van der Waals surface area contributed by atoms with Crippen molar-refractivity contribution in [3.05, 3.63) is 34.6 Å². The van der Waals surface area contributed by atoms with E-state index < -0.39 is 0 Å². The highest BCUT2D eigenvalue weighted by atomic mass is 32.2. The van der Waals surface area contributed by atoms with E-state index >= 15 is 0 Å². The maximum absolute atomic E-state index is 11.1. The normalized spacial score (nSPS) is 10.5. The lowest BCUT2D eigenvalue weighted by molar-refractivity contribution is 0.321. The van der Waals surface area contributed by atoms with Crippen molar-refractivity contribution in [1.29, 1.82) is 0 Å². The van der Waals surface area contributed by atoms with Gasteiger partial charge in [-0.3, -0.25) is 4.79 Å². The largest absolute Gasteiger partial charge is 0.477 e. The summed E-state index contributed by atoms with van der Waals surface area (Å²) in [6.45, 7) is 2.39. The lowest BCUT2D eigenvalue weighted by Gasteiger charge is -2.12. The van der Waals surface area contributed by atoms with Crippen LogP contribution in [0.15, 0.2) is 39.2 Å². The van der Waals surface area contributed by atoms with Crippen LogP contribution < -0.4 is 19.9 Å². The Morgan fingerprint density at radius 1 is 1.07 bits per heavy atom. The number of hydrogen-bond donors (Lipinski definition) is 1. The van der Waals surface area contributed by atoms with E-state index in [1.54, 1.807) is 31.1 Å². The Balaban J connectivity index is 1.84. The fourth-order valence-electron chi connectivity index (χ4n) is 1.78. The second-order valence-electron chi connectivity index (χ2n) is 5.20. The minimum Gasteiger partial charge on any atom is -0.477 e. The van der Waals surface area contributed by atoms with Crippen molar-refractivity contribution < 1.29 is 9.47 Å². The van der Waals surface area contributed by atoms with Crippen LogP contribution in [0.5, 0.6) is 17.8 Å². The first kappa shape index (κ1) is 18.5. The van der Waals surface area contributed by atoms with Gasteiger partial charge in [-0.2, -0.15) is 15.0 Å². The molecule has 11 nitrogen and oxygen atoms in total. The van der Waals surface area contributed by atoms with Gasteiger partial charge in [0.25, 0.3) is 5.56 Å². The average molecular weight is 388 g/mol. The van der Waals surface area contributed by atoms with Gasteiger partial charge in [-0.15, -0.1) is 15.3 Å². The fraction of sp³-hybridized carbons (Fsp3) is 0.267. The molecule has 0 unspecified atom stereocenters. The van der Waals surface area contributed by atoms with Crippen molar-refractivity contribution in [2.24, 2.45) is 0 Å². The van der Waals surface area contributed by atoms with Crippen molar-refractivity contribution in [2.75, 3.05) is 25.6 Å². The van der Waals surface area contributed by atoms with Gasteiger partial charge in [0.05, 0.1) is 6.61 Å². The summed E-state index contributed by atoms with van der Waals surface area (Å²) in [4.78, 5) is 25.6. The number of ether oxygens (including phenoxy) is 2. The molecule has 0 amide bonds. The molecule has 3 heterocycles. The molecular weight excluding hydrogens is 372 g/mol. The summed E-state index contributed by atoms with van der Waals surface area (Å²) in [7, 11) is 3.59. The lowest BCUT2D eigenvalue weighted by atomic mass is 10.6. The Morgan fingerprint density at radius 2 is 1.89 bits per heavy atom. The van der Waals surface area contributed by atoms with E-state index in [-0.39, 0.29) is 17.4 Å². The zero-order valence-corrected chi connectivity index (χ0v) is 15.6. The molecule has 3 aromatic heterocycles. The lowest BCUT2D eigenvalue weighted by Crippen LogP contribution is -2.14. The molecule has 0 saturated carbocycles. The summed E-state index contributed by atoms with van der Waals surface area (Å²) < 4.78 is 10.8. The number of aromatic amines is 1. The maximum Gasteiger partial charge on any atom is 0.329 e. The van der Waals surface area contributed by atoms with Gasteiger partial charge in [0.2, 0.25) is 22.9 Å². The standard InChI is InChI=1S/C15H16N8O3S/c1-4-25-10-7-8-12(22-20-10)27-15-17-13(23(2)3)16-14(18-15)26-11-6-5-9(24)19-21-11/h5-8H,4H2,1-3H3,(H,19,24). The van der Waals surface area contributed by atoms with E-state index in [0.29, 0.717) is 28.6 Å². The molecule has 0 aliphatic heterocycles. The Bertz CT molecular complexity index is 944. The molecule has 1 N–H and O–H groups in total. The van der Waals surface area contributed by atoms with Crippen molar-refractivity contribution in [2.45, 2.75) is 17.1 Å². The molecule has 0 bridgehead atoms. The van der Waals surface area contributed by atoms with Gasteiger partial charge in [0.15, 0.2) is 0 Å². The quantitative estimate of drug-likeness (QED) is 0.625. The molecule has 0 aliphatic carbocycles. The molecular formula is C15H16N8O3S. The summed E-state index contributed by atoms with van der Waals surface area (Å²) >= 11 is 1.20. The van der Waals surface area contributed by atoms with Crippen molar-refractivity contribution in [3.8, 4) is 17.8 Å². The second-order valence-corrected chi connectivity index (χ2v) is 6.19. The number of anilines is 1. The number of nitrogens with one attached hydrogen (secondary N) is 1. The van der Waals surface area contributed by atoms with Crippen LogP contribution in [0.25, 0.3) is 0 Å². The van der Waals surface area contributed by atoms with E-state index in [4.69, 9.17) is 9.47 Å². The topological polar surface area (TPSA) is 132 Å². The van der Waals surface area contributed by atoms with Gasteiger partial charge in [-0.25, -0.2) is 5.10 Å². The van der Waals surface area contributed by atoms with Gasteiger partial charge < -0.3 is 14.4 Å². The third-order valence-corrected chi connectivity index (χ3v) is 3.73. The summed E-state index contributed by atoms with van der Waals surface area (Å²) in [5, 5.41) is 15.0. The van der Waals surface area contributed by atoms with Crippen LogP contribution in [0.4, 0.5) is 5.95 Å². The smallest absolute Gasteiger partial charge is 0.329 e. The molecule has 3 rings (SSSR count). The van der Waals surface area contributed by atoms with Crippen LogP contribution in [0, 0.1) is 0 Å². The highest BCUT2D eigenvalue weighted by molar-refractivity contribution is 7.99. The van der Waals surface area contributed by atoms with E-state index in [9.17, 15) is 4.79 Å². The number of rotatable bonds is 7. The summed E-state index contributed by atoms with van der Waals surface area (Å²) in [5.74, 6) is 0.993. The van der Waals surface area contributed by atoms with Crippen LogP contribution >= 0.6 is 11.8 Å².